The molecule has 2 N–H and O–H groups in total. The maximum Gasteiger partial charge on any atom is 0.162 e. The van der Waals surface area contributed by atoms with E-state index in [2.05, 4.69) is 29.9 Å². The summed E-state index contributed by atoms with van der Waals surface area (Å²) in [6.07, 6.45) is 3.92. The van der Waals surface area contributed by atoms with Gasteiger partial charge in [0.05, 0.1) is 45.2 Å². The Hall–Kier alpha value is -7.86. The van der Waals surface area contributed by atoms with E-state index in [0.29, 0.717) is 22.9 Å². The van der Waals surface area contributed by atoms with E-state index < -0.39 is 23.3 Å². The second-order valence-electron chi connectivity index (χ2n) is 14.8. The van der Waals surface area contributed by atoms with Crippen LogP contribution in [0.5, 0.6) is 0 Å². The van der Waals surface area contributed by atoms with Gasteiger partial charge in [0, 0.05) is 64.6 Å². The number of H-pyrrole nitrogens is 2. The van der Waals surface area contributed by atoms with Crippen LogP contribution >= 0.6 is 0 Å². The van der Waals surface area contributed by atoms with Gasteiger partial charge < -0.3 is 9.97 Å². The summed E-state index contributed by atoms with van der Waals surface area (Å²) in [5, 5.41) is 1.99. The summed E-state index contributed by atoms with van der Waals surface area (Å²) >= 11 is 0. The Kier molecular flexibility index (Phi) is 10.9. The summed E-state index contributed by atoms with van der Waals surface area (Å²) in [5.41, 5.74) is 10.5. The molecule has 0 bridgehead atoms. The van der Waals surface area contributed by atoms with Crippen LogP contribution in [-0.2, 0) is 12.8 Å². The first-order valence-electron chi connectivity index (χ1n) is 19.8. The topological polar surface area (TPSA) is 109 Å². The highest BCUT2D eigenvalue weighted by molar-refractivity contribution is 5.88. The molecule has 0 saturated carbocycles. The van der Waals surface area contributed by atoms with Crippen molar-refractivity contribution < 1.29 is 17.6 Å². The second-order valence-corrected chi connectivity index (χ2v) is 14.8. The number of aromatic nitrogens is 8. The molecule has 4 aromatic carbocycles. The number of aromatic amines is 2. The minimum atomic E-state index is -0.869. The molecule has 0 amide bonds. The predicted octanol–water partition coefficient (Wildman–Crippen LogP) is 11.7. The fourth-order valence-electron chi connectivity index (χ4n) is 7.38. The largest absolute Gasteiger partial charge is 0.340 e. The SMILES string of the molecule is Cc1cccc(-c2[nH]c(Cc3cc(F)cc(F)c3)nc2-c2ccc3ncccc3c2)n1.Cc1cccc(-c2[nH]c(Cc3cccc(F)c3F)nc2-c2ccc3ncccc3c2)n1. The number of hydrogen-bond donors (Lipinski definition) is 2. The van der Waals surface area contributed by atoms with Crippen molar-refractivity contribution in [2.75, 3.05) is 0 Å². The zero-order valence-corrected chi connectivity index (χ0v) is 33.5. The second kappa shape index (κ2) is 17.0. The lowest BCUT2D eigenvalue weighted by molar-refractivity contribution is 0.500. The number of imidazole rings is 2. The molecule has 12 heteroatoms. The number of pyridine rings is 4. The minimum absolute atomic E-state index is 0.136. The third-order valence-corrected chi connectivity index (χ3v) is 10.2. The van der Waals surface area contributed by atoms with E-state index in [0.717, 1.165) is 84.9 Å². The van der Waals surface area contributed by atoms with Crippen molar-refractivity contribution in [3.8, 4) is 45.3 Å². The van der Waals surface area contributed by atoms with Crippen LogP contribution < -0.4 is 0 Å². The van der Waals surface area contributed by atoms with E-state index >= 15 is 0 Å². The number of halogens is 4. The molecule has 62 heavy (non-hydrogen) atoms. The molecule has 8 nitrogen and oxygen atoms in total. The molecular formula is C50H36F4N8. The van der Waals surface area contributed by atoms with Crippen LogP contribution in [0.4, 0.5) is 17.6 Å². The van der Waals surface area contributed by atoms with E-state index in [1.165, 1.54) is 18.2 Å². The van der Waals surface area contributed by atoms with Gasteiger partial charge in [-0.2, -0.15) is 0 Å². The molecule has 0 radical (unpaired) electrons. The van der Waals surface area contributed by atoms with Crippen molar-refractivity contribution in [1.82, 2.24) is 39.9 Å². The lowest BCUT2D eigenvalue weighted by Gasteiger charge is -2.05. The summed E-state index contributed by atoms with van der Waals surface area (Å²) < 4.78 is 55.2. The molecule has 10 aromatic rings. The highest BCUT2D eigenvalue weighted by atomic mass is 19.2. The first-order valence-corrected chi connectivity index (χ1v) is 19.8. The van der Waals surface area contributed by atoms with E-state index in [4.69, 9.17) is 9.97 Å². The first kappa shape index (κ1) is 39.6. The number of benzene rings is 4. The molecule has 0 unspecified atom stereocenters. The van der Waals surface area contributed by atoms with Crippen molar-refractivity contribution in [1.29, 1.82) is 0 Å². The molecule has 6 heterocycles. The third-order valence-electron chi connectivity index (χ3n) is 10.2. The summed E-state index contributed by atoms with van der Waals surface area (Å²) in [7, 11) is 0. The first-order chi connectivity index (χ1) is 30.1. The van der Waals surface area contributed by atoms with Crippen molar-refractivity contribution in [3.63, 3.8) is 0 Å². The molecular weight excluding hydrogens is 789 g/mol. The fraction of sp³-hybridized carbons (Fsp3) is 0.0800. The minimum Gasteiger partial charge on any atom is -0.340 e. The average Bonchev–Trinajstić information content (AvgIpc) is 3.90. The smallest absolute Gasteiger partial charge is 0.162 e. The quantitative estimate of drug-likeness (QED) is 0.148. The van der Waals surface area contributed by atoms with Crippen LogP contribution in [0.25, 0.3) is 67.1 Å². The van der Waals surface area contributed by atoms with Crippen LogP contribution in [0.3, 0.4) is 0 Å². The van der Waals surface area contributed by atoms with Crippen LogP contribution in [-0.4, -0.2) is 39.9 Å². The number of rotatable bonds is 8. The summed E-state index contributed by atoms with van der Waals surface area (Å²) in [5.74, 6) is -1.80. The normalized spacial score (nSPS) is 11.2. The van der Waals surface area contributed by atoms with E-state index in [1.54, 1.807) is 18.5 Å². The van der Waals surface area contributed by atoms with Crippen LogP contribution in [0.2, 0.25) is 0 Å². The standard InChI is InChI=1S/2C25H18F2N4/c1-15-5-2-9-21(29-15)25-24(18-10-11-20-16(13-18)7-4-12-28-20)30-22(31-25)14-17-6-3-8-19(26)23(17)27;1-15-4-2-6-22(29-15)25-24(18-7-8-21-17(13-18)5-3-9-28-21)30-23(31-25)12-16-10-19(26)14-20(27)11-16/h2-13H,14H2,1H3,(H,30,31);2-11,13-14H,12H2,1H3,(H,30,31). The van der Waals surface area contributed by atoms with Gasteiger partial charge in [-0.15, -0.1) is 0 Å². The van der Waals surface area contributed by atoms with Gasteiger partial charge in [-0.1, -0.05) is 48.5 Å². The van der Waals surface area contributed by atoms with Crippen molar-refractivity contribution in [2.24, 2.45) is 0 Å². The molecule has 0 atom stereocenters. The Bertz CT molecular complexity index is 3230. The third kappa shape index (κ3) is 8.57. The molecule has 10 rings (SSSR count). The van der Waals surface area contributed by atoms with E-state index in [9.17, 15) is 17.6 Å². The maximum absolute atomic E-state index is 14.2. The highest BCUT2D eigenvalue weighted by Crippen LogP contribution is 2.33. The lowest BCUT2D eigenvalue weighted by Crippen LogP contribution is -1.97. The zero-order chi connectivity index (χ0) is 42.7. The van der Waals surface area contributed by atoms with Gasteiger partial charge in [0.15, 0.2) is 11.6 Å². The monoisotopic (exact) mass is 824 g/mol. The van der Waals surface area contributed by atoms with Gasteiger partial charge in [0.2, 0.25) is 0 Å². The molecule has 0 aliphatic carbocycles. The zero-order valence-electron chi connectivity index (χ0n) is 33.5. The fourth-order valence-corrected chi connectivity index (χ4v) is 7.38. The number of nitrogens with one attached hydrogen (secondary N) is 2. The van der Waals surface area contributed by atoms with Gasteiger partial charge >= 0.3 is 0 Å². The van der Waals surface area contributed by atoms with Gasteiger partial charge in [-0.3, -0.25) is 19.9 Å². The number of hydrogen-bond acceptors (Lipinski definition) is 6. The number of aryl methyl sites for hydroxylation is 2. The molecule has 304 valence electrons. The van der Waals surface area contributed by atoms with Crippen LogP contribution in [0.15, 0.2) is 146 Å². The average molecular weight is 825 g/mol. The Balaban J connectivity index is 0.000000158. The van der Waals surface area contributed by atoms with E-state index in [1.807, 2.05) is 111 Å². The highest BCUT2D eigenvalue weighted by Gasteiger charge is 2.19. The van der Waals surface area contributed by atoms with Crippen molar-refractivity contribution in [3.05, 3.63) is 203 Å². The molecule has 0 spiro atoms. The van der Waals surface area contributed by atoms with Crippen LogP contribution in [0.1, 0.15) is 34.2 Å². The van der Waals surface area contributed by atoms with Crippen LogP contribution in [0, 0.1) is 37.1 Å². The lowest BCUT2D eigenvalue weighted by atomic mass is 10.1. The Morgan fingerprint density at radius 3 is 1.53 bits per heavy atom. The predicted molar refractivity (Wildman–Crippen MR) is 233 cm³/mol. The number of nitrogens with zero attached hydrogens (tertiary/aromatic N) is 6. The van der Waals surface area contributed by atoms with Crippen molar-refractivity contribution in [2.45, 2.75) is 26.7 Å². The molecule has 0 saturated heterocycles. The van der Waals surface area contributed by atoms with Gasteiger partial charge in [-0.05, 0) is 104 Å². The molecule has 0 fully saturated rings. The summed E-state index contributed by atoms with van der Waals surface area (Å²) in [4.78, 5) is 34.2. The number of fused-ring (bicyclic) bond motifs is 2. The molecule has 6 aromatic heterocycles. The van der Waals surface area contributed by atoms with Gasteiger partial charge in [0.1, 0.15) is 23.3 Å². The Morgan fingerprint density at radius 1 is 0.484 bits per heavy atom. The Labute approximate surface area is 353 Å². The molecule has 0 aliphatic rings. The van der Waals surface area contributed by atoms with E-state index in [-0.39, 0.29) is 18.4 Å². The van der Waals surface area contributed by atoms with Gasteiger partial charge in [-0.25, -0.2) is 27.5 Å². The van der Waals surface area contributed by atoms with Gasteiger partial charge in [0.25, 0.3) is 0 Å². The summed E-state index contributed by atoms with van der Waals surface area (Å²) in [6, 6.07) is 38.8. The maximum atomic E-state index is 14.2. The molecule has 0 aliphatic heterocycles. The Morgan fingerprint density at radius 2 is 1.00 bits per heavy atom. The summed E-state index contributed by atoms with van der Waals surface area (Å²) in [6.45, 7) is 3.85. The van der Waals surface area contributed by atoms with Crippen molar-refractivity contribution >= 4 is 21.8 Å².